The van der Waals surface area contributed by atoms with Crippen molar-refractivity contribution in [3.63, 3.8) is 0 Å². The molecule has 19 N–H and O–H groups in total. The number of fused-ring (bicyclic) bond motifs is 6. The van der Waals surface area contributed by atoms with Crippen molar-refractivity contribution in [2.75, 3.05) is 46.2 Å². The monoisotopic (exact) mass is 1270 g/mol. The molecule has 0 radical (unpaired) electrons. The van der Waals surface area contributed by atoms with Gasteiger partial charge in [-0.1, -0.05) is 45.4 Å². The van der Waals surface area contributed by atoms with Gasteiger partial charge in [0.1, 0.15) is 116 Å². The number of carbonyl (C=O) groups is 1. The van der Waals surface area contributed by atoms with E-state index in [0.29, 0.717) is 31.3 Å². The van der Waals surface area contributed by atoms with E-state index < -0.39 is 231 Å². The standard InChI is InChI=1S/C59H96O29/c1-24-36(68)47(87-52-48(43(75)39(71)30(19-62)84-52)88-50-45(77)41(73)38(70)29(18-61)83-50)46(78)51(82-24)86-35-10-11-55(3)32(56(35,4)22-63)9-12-57(5)33(55)8-7-25-26-15-54(2,13-14-59(26,23-64)34(67)16-58(25,57)6)53(79)81-21-31-40(72)42(74)44(76)49(85-31)80-20-28(66)37(69)27(65)17-60/h7-8,24,27-52,60-78H,9-23H2,1-6H3. The molecule has 0 amide bonds. The fourth-order valence-electron chi connectivity index (χ4n) is 16.7. The number of esters is 1. The molecule has 9 rings (SSSR count). The maximum atomic E-state index is 14.4. The molecule has 506 valence electrons. The fraction of sp³-hybridized carbons (Fsp3) is 0.915. The van der Waals surface area contributed by atoms with Crippen molar-refractivity contribution < 1.29 is 144 Å². The predicted molar refractivity (Wildman–Crippen MR) is 294 cm³/mol. The summed E-state index contributed by atoms with van der Waals surface area (Å²) in [7, 11) is 0. The minimum atomic E-state index is -1.96. The smallest absolute Gasteiger partial charge is 0.312 e. The van der Waals surface area contributed by atoms with Crippen LogP contribution in [0.2, 0.25) is 0 Å². The second-order valence-corrected chi connectivity index (χ2v) is 27.7. The Morgan fingerprint density at radius 1 is 0.614 bits per heavy atom. The summed E-state index contributed by atoms with van der Waals surface area (Å²) in [5, 5.41) is 204. The molecule has 7 fully saturated rings. The van der Waals surface area contributed by atoms with Crippen LogP contribution in [0.25, 0.3) is 0 Å². The lowest BCUT2D eigenvalue weighted by atomic mass is 9.35. The van der Waals surface area contributed by atoms with Crippen LogP contribution in [0.3, 0.4) is 0 Å². The highest BCUT2D eigenvalue weighted by Crippen LogP contribution is 2.74. The first-order chi connectivity index (χ1) is 41.3. The molecule has 88 heavy (non-hydrogen) atoms. The Bertz CT molecular complexity index is 2460. The van der Waals surface area contributed by atoms with E-state index in [2.05, 4.69) is 32.9 Å². The molecule has 4 heterocycles. The van der Waals surface area contributed by atoms with Crippen LogP contribution in [0.4, 0.5) is 0 Å². The van der Waals surface area contributed by atoms with Crippen LogP contribution in [0.5, 0.6) is 0 Å². The van der Waals surface area contributed by atoms with Crippen molar-refractivity contribution >= 4 is 5.97 Å². The largest absolute Gasteiger partial charge is 0.462 e. The first kappa shape index (κ1) is 70.2. The van der Waals surface area contributed by atoms with Crippen molar-refractivity contribution in [3.8, 4) is 0 Å². The molecule has 4 aliphatic heterocycles. The summed E-state index contributed by atoms with van der Waals surface area (Å²) >= 11 is 0. The van der Waals surface area contributed by atoms with E-state index in [1.807, 2.05) is 6.92 Å². The Labute approximate surface area is 509 Å². The number of allylic oxidation sites excluding steroid dienone is 3. The molecule has 0 bridgehead atoms. The Hall–Kier alpha value is -2.13. The van der Waals surface area contributed by atoms with Crippen LogP contribution in [0.15, 0.2) is 23.3 Å². The first-order valence-electron chi connectivity index (χ1n) is 30.7. The van der Waals surface area contributed by atoms with Crippen LogP contribution in [0, 0.1) is 44.3 Å². The van der Waals surface area contributed by atoms with Gasteiger partial charge in [-0.25, -0.2) is 0 Å². The number of rotatable bonds is 19. The van der Waals surface area contributed by atoms with Crippen molar-refractivity contribution in [1.29, 1.82) is 0 Å². The van der Waals surface area contributed by atoms with Crippen molar-refractivity contribution in [2.45, 2.75) is 246 Å². The molecule has 0 aromatic carbocycles. The van der Waals surface area contributed by atoms with Gasteiger partial charge in [0, 0.05) is 16.2 Å². The van der Waals surface area contributed by atoms with Crippen molar-refractivity contribution in [1.82, 2.24) is 0 Å². The molecule has 0 aromatic heterocycles. The topological polar surface area (TPSA) is 485 Å². The van der Waals surface area contributed by atoms with Crippen LogP contribution in [-0.4, -0.2) is 303 Å². The van der Waals surface area contributed by atoms with Gasteiger partial charge in [-0.2, -0.15) is 0 Å². The van der Waals surface area contributed by atoms with Gasteiger partial charge >= 0.3 is 5.97 Å². The Morgan fingerprint density at radius 3 is 1.83 bits per heavy atom. The van der Waals surface area contributed by atoms with Crippen molar-refractivity contribution in [3.05, 3.63) is 23.3 Å². The maximum Gasteiger partial charge on any atom is 0.312 e. The Balaban J connectivity index is 0.919. The van der Waals surface area contributed by atoms with Gasteiger partial charge < -0.3 is 140 Å². The maximum absolute atomic E-state index is 14.4. The SMILES string of the molecule is CC1OC(OC2CCC3(C)C(CCC4(C)C3C=CC3=C5CC(C)(C(=O)OCC6OC(OCC(O)C(O)C(O)CO)C(O)C(O)C6O)CCC5(CO)C(O)CC34C)C2(C)CO)C(O)C(OC2OC(CO)C(O)C(O)C2OC2OC(CO)C(O)C(O)C2O)C1O. The van der Waals surface area contributed by atoms with Crippen molar-refractivity contribution in [2.24, 2.45) is 44.3 Å². The van der Waals surface area contributed by atoms with Crippen LogP contribution in [0.1, 0.15) is 92.9 Å². The number of aliphatic hydroxyl groups excluding tert-OH is 19. The van der Waals surface area contributed by atoms with Gasteiger partial charge in [0.2, 0.25) is 0 Å². The summed E-state index contributed by atoms with van der Waals surface area (Å²) < 4.78 is 53.1. The molecular formula is C59H96O29. The zero-order valence-corrected chi connectivity index (χ0v) is 50.4. The summed E-state index contributed by atoms with van der Waals surface area (Å²) in [6, 6.07) is 0. The molecule has 0 spiro atoms. The highest BCUT2D eigenvalue weighted by atomic mass is 16.8. The average Bonchev–Trinajstić information content (AvgIpc) is 0.677. The predicted octanol–water partition coefficient (Wildman–Crippen LogP) is -6.07. The molecule has 5 aliphatic carbocycles. The number of hydrogen-bond acceptors (Lipinski definition) is 29. The van der Waals surface area contributed by atoms with Gasteiger partial charge in [0.25, 0.3) is 0 Å². The minimum Gasteiger partial charge on any atom is -0.462 e. The molecule has 33 unspecified atom stereocenters. The third-order valence-electron chi connectivity index (χ3n) is 22.7. The molecule has 4 saturated heterocycles. The summed E-state index contributed by atoms with van der Waals surface area (Å²) in [6.45, 7) is 6.96. The number of hydrogen-bond donors (Lipinski definition) is 19. The molecule has 9 aliphatic rings. The van der Waals surface area contributed by atoms with Gasteiger partial charge in [-0.05, 0) is 93.5 Å². The first-order valence-corrected chi connectivity index (χ1v) is 30.7. The van der Waals surface area contributed by atoms with E-state index in [0.717, 1.165) is 5.57 Å². The van der Waals surface area contributed by atoms with Crippen LogP contribution < -0.4 is 0 Å². The summed E-state index contributed by atoms with van der Waals surface area (Å²) in [6.07, 6.45) is -34.3. The average molecular weight is 1270 g/mol. The van der Waals surface area contributed by atoms with E-state index in [9.17, 15) is 96.7 Å². The quantitative estimate of drug-likeness (QED) is 0.0423. The molecule has 3 saturated carbocycles. The number of ether oxygens (including phenoxy) is 9. The number of carbonyl (C=O) groups excluding carboxylic acids is 1. The molecule has 29 nitrogen and oxygen atoms in total. The Kier molecular flexibility index (Phi) is 21.2. The fourth-order valence-corrected chi connectivity index (χ4v) is 16.7. The van der Waals surface area contributed by atoms with E-state index in [1.165, 1.54) is 6.92 Å². The highest BCUT2D eigenvalue weighted by Gasteiger charge is 2.70. The molecule has 0 aromatic rings. The molecular weight excluding hydrogens is 1170 g/mol. The van der Waals surface area contributed by atoms with Gasteiger partial charge in [0.05, 0.1) is 63.4 Å². The summed E-state index contributed by atoms with van der Waals surface area (Å²) in [5.74, 6) is -1.12. The second kappa shape index (κ2) is 26.6. The zero-order valence-electron chi connectivity index (χ0n) is 50.4. The van der Waals surface area contributed by atoms with E-state index >= 15 is 0 Å². The summed E-state index contributed by atoms with van der Waals surface area (Å²) in [4.78, 5) is 14.4. The lowest BCUT2D eigenvalue weighted by Crippen LogP contribution is -2.67. The lowest BCUT2D eigenvalue weighted by Gasteiger charge is -2.70. The van der Waals surface area contributed by atoms with E-state index in [1.54, 1.807) is 6.92 Å². The Morgan fingerprint density at radius 2 is 1.20 bits per heavy atom. The normalized spacial score (nSPS) is 51.5. The van der Waals surface area contributed by atoms with Crippen LogP contribution in [-0.2, 0) is 47.4 Å². The third-order valence-corrected chi connectivity index (χ3v) is 22.7. The third kappa shape index (κ3) is 11.8. The molecule has 33 atom stereocenters. The van der Waals surface area contributed by atoms with E-state index in [-0.39, 0.29) is 44.1 Å². The lowest BCUT2D eigenvalue weighted by molar-refractivity contribution is -0.391. The highest BCUT2D eigenvalue weighted by molar-refractivity contribution is 5.77. The summed E-state index contributed by atoms with van der Waals surface area (Å²) in [5.41, 5.74) is -3.62. The number of aliphatic hydroxyl groups is 19. The van der Waals surface area contributed by atoms with Gasteiger partial charge in [-0.3, -0.25) is 4.79 Å². The zero-order chi connectivity index (χ0) is 64.7. The van der Waals surface area contributed by atoms with Crippen LogP contribution >= 0.6 is 0 Å². The van der Waals surface area contributed by atoms with Gasteiger partial charge in [-0.15, -0.1) is 0 Å². The minimum absolute atomic E-state index is 0.0666. The second-order valence-electron chi connectivity index (χ2n) is 27.7. The molecule has 29 heteroatoms. The van der Waals surface area contributed by atoms with E-state index in [4.69, 9.17) is 47.7 Å². The van der Waals surface area contributed by atoms with Gasteiger partial charge in [0.15, 0.2) is 25.2 Å².